The number of likely N-dealkylation sites (tertiary alicyclic amines) is 2. The number of amides is 2. The van der Waals surface area contributed by atoms with Gasteiger partial charge in [-0.2, -0.15) is 0 Å². The molecular formula is C23H27N3O3S. The predicted octanol–water partition coefficient (Wildman–Crippen LogP) is 2.34. The Morgan fingerprint density at radius 1 is 1.17 bits per heavy atom. The number of carbonyl (C=O) groups is 3. The van der Waals surface area contributed by atoms with Gasteiger partial charge in [-0.1, -0.05) is 0 Å². The Hall–Kier alpha value is -1.89. The van der Waals surface area contributed by atoms with E-state index in [9.17, 15) is 14.4 Å². The van der Waals surface area contributed by atoms with Gasteiger partial charge in [0.25, 0.3) is 5.91 Å². The summed E-state index contributed by atoms with van der Waals surface area (Å²) in [6.45, 7) is 3.09. The second kappa shape index (κ2) is 6.55. The first kappa shape index (κ1) is 18.8. The van der Waals surface area contributed by atoms with Crippen molar-refractivity contribution in [2.45, 2.75) is 30.7 Å². The Bertz CT molecular complexity index is 941. The lowest BCUT2D eigenvalue weighted by atomic mass is 9.77. The molecule has 1 aromatic rings. The fourth-order valence-corrected chi connectivity index (χ4v) is 7.53. The van der Waals surface area contributed by atoms with Crippen LogP contribution in [0.15, 0.2) is 23.4 Å². The van der Waals surface area contributed by atoms with Crippen LogP contribution >= 0.6 is 11.8 Å². The molecule has 0 N–H and O–H groups in total. The van der Waals surface area contributed by atoms with Gasteiger partial charge in [-0.15, -0.1) is 11.8 Å². The van der Waals surface area contributed by atoms with E-state index in [1.54, 1.807) is 6.20 Å². The van der Waals surface area contributed by atoms with E-state index in [0.717, 1.165) is 56.9 Å². The monoisotopic (exact) mass is 425 g/mol. The molecule has 5 atom stereocenters. The van der Waals surface area contributed by atoms with Crippen molar-refractivity contribution < 1.29 is 14.4 Å². The van der Waals surface area contributed by atoms with Crippen molar-refractivity contribution in [2.75, 3.05) is 32.4 Å². The minimum atomic E-state index is -0.0140. The van der Waals surface area contributed by atoms with Crippen LogP contribution in [0.3, 0.4) is 0 Å². The van der Waals surface area contributed by atoms with Crippen molar-refractivity contribution in [1.82, 2.24) is 14.8 Å². The Morgan fingerprint density at radius 2 is 1.90 bits per heavy atom. The summed E-state index contributed by atoms with van der Waals surface area (Å²) in [5.74, 6) is 1.83. The second-order valence-electron chi connectivity index (χ2n) is 9.90. The molecule has 6 nitrogen and oxygen atoms in total. The van der Waals surface area contributed by atoms with Crippen molar-refractivity contribution in [3.05, 3.63) is 23.9 Å². The molecule has 5 unspecified atom stereocenters. The maximum absolute atomic E-state index is 13.2. The molecule has 2 aliphatic heterocycles. The van der Waals surface area contributed by atoms with Crippen molar-refractivity contribution in [2.24, 2.45) is 35.0 Å². The molecule has 0 aromatic carbocycles. The molecule has 2 saturated heterocycles. The lowest BCUT2D eigenvalue weighted by Crippen LogP contribution is -2.45. The fraction of sp³-hybridized carbons (Fsp3) is 0.652. The van der Waals surface area contributed by atoms with Gasteiger partial charge >= 0.3 is 0 Å². The molecule has 7 heteroatoms. The zero-order valence-corrected chi connectivity index (χ0v) is 18.1. The number of hydrogen-bond donors (Lipinski definition) is 0. The number of thioether (sulfide) groups is 1. The summed E-state index contributed by atoms with van der Waals surface area (Å²) in [5.41, 5.74) is 0.825. The molecule has 3 heterocycles. The molecular weight excluding hydrogens is 398 g/mol. The maximum Gasteiger partial charge on any atom is 0.256 e. The maximum atomic E-state index is 13.2. The summed E-state index contributed by atoms with van der Waals surface area (Å²) in [7, 11) is 0. The topological polar surface area (TPSA) is 70.6 Å². The summed E-state index contributed by atoms with van der Waals surface area (Å²) in [4.78, 5) is 46.8. The summed E-state index contributed by atoms with van der Waals surface area (Å²) >= 11 is 1.50. The highest BCUT2D eigenvalue weighted by Crippen LogP contribution is 2.71. The van der Waals surface area contributed by atoms with Crippen LogP contribution in [0.25, 0.3) is 0 Å². The molecule has 4 saturated carbocycles. The molecule has 4 bridgehead atoms. The number of ketones is 1. The Labute approximate surface area is 180 Å². The van der Waals surface area contributed by atoms with E-state index in [-0.39, 0.29) is 35.0 Å². The van der Waals surface area contributed by atoms with Gasteiger partial charge in [-0.25, -0.2) is 4.98 Å². The van der Waals surface area contributed by atoms with E-state index in [0.29, 0.717) is 23.2 Å². The van der Waals surface area contributed by atoms with Crippen LogP contribution in [0, 0.1) is 35.0 Å². The minimum absolute atomic E-state index is 0.0140. The first-order valence-electron chi connectivity index (χ1n) is 11.1. The number of pyridine rings is 1. The van der Waals surface area contributed by atoms with Gasteiger partial charge in [-0.3, -0.25) is 14.4 Å². The van der Waals surface area contributed by atoms with Crippen molar-refractivity contribution in [1.29, 1.82) is 0 Å². The smallest absolute Gasteiger partial charge is 0.256 e. The van der Waals surface area contributed by atoms with E-state index < -0.39 is 0 Å². The van der Waals surface area contributed by atoms with E-state index in [4.69, 9.17) is 0 Å². The number of Topliss-reactive ketones (excluding diaryl/α,β-unsaturated/α-hetero) is 1. The SMILES string of the molecule is CSc1ncccc1C(=O)N1CCC2(CC1)CCN(C(=O)C1C3CC4C(C3=O)C41)C2. The van der Waals surface area contributed by atoms with Crippen LogP contribution in [0.2, 0.25) is 0 Å². The lowest BCUT2D eigenvalue weighted by molar-refractivity contribution is -0.138. The average Bonchev–Trinajstić information content (AvgIpc) is 3.12. The minimum Gasteiger partial charge on any atom is -0.342 e. The van der Waals surface area contributed by atoms with Crippen LogP contribution in [-0.2, 0) is 9.59 Å². The Morgan fingerprint density at radius 3 is 2.50 bits per heavy atom. The van der Waals surface area contributed by atoms with Gasteiger partial charge in [0, 0.05) is 44.2 Å². The highest BCUT2D eigenvalue weighted by atomic mass is 32.2. The summed E-state index contributed by atoms with van der Waals surface area (Å²) in [6, 6.07) is 3.68. The molecule has 158 valence electrons. The summed E-state index contributed by atoms with van der Waals surface area (Å²) < 4.78 is 0. The third kappa shape index (κ3) is 2.57. The first-order chi connectivity index (χ1) is 14.5. The van der Waals surface area contributed by atoms with Crippen LogP contribution in [-0.4, -0.2) is 64.8 Å². The van der Waals surface area contributed by atoms with E-state index in [2.05, 4.69) is 9.88 Å². The largest absolute Gasteiger partial charge is 0.342 e. The molecule has 7 rings (SSSR count). The summed E-state index contributed by atoms with van der Waals surface area (Å²) in [6.07, 6.45) is 7.54. The van der Waals surface area contributed by atoms with E-state index in [1.807, 2.05) is 23.3 Å². The zero-order valence-electron chi connectivity index (χ0n) is 17.3. The van der Waals surface area contributed by atoms with E-state index in [1.165, 1.54) is 11.8 Å². The number of nitrogens with zero attached hydrogens (tertiary/aromatic N) is 3. The number of piperidine rings is 1. The molecule has 6 aliphatic rings. The number of carbonyl (C=O) groups excluding carboxylic acids is 3. The van der Waals surface area contributed by atoms with Gasteiger partial charge in [0.1, 0.15) is 10.8 Å². The zero-order chi connectivity index (χ0) is 20.6. The van der Waals surface area contributed by atoms with Crippen LogP contribution in [0.1, 0.15) is 36.0 Å². The van der Waals surface area contributed by atoms with Gasteiger partial charge < -0.3 is 9.80 Å². The van der Waals surface area contributed by atoms with Crippen molar-refractivity contribution >= 4 is 29.4 Å². The number of aromatic nitrogens is 1. The molecule has 1 spiro atoms. The van der Waals surface area contributed by atoms with Gasteiger partial charge in [0.05, 0.1) is 11.5 Å². The highest BCUT2D eigenvalue weighted by Gasteiger charge is 2.75. The molecule has 4 aliphatic carbocycles. The quantitative estimate of drug-likeness (QED) is 0.696. The van der Waals surface area contributed by atoms with Gasteiger partial charge in [-0.05, 0) is 61.3 Å². The number of rotatable bonds is 3. The Balaban J connectivity index is 1.09. The first-order valence-corrected chi connectivity index (χ1v) is 12.4. The fourth-order valence-electron chi connectivity index (χ4n) is 6.99. The molecule has 30 heavy (non-hydrogen) atoms. The predicted molar refractivity (Wildman–Crippen MR) is 112 cm³/mol. The number of hydrogen-bond acceptors (Lipinski definition) is 5. The van der Waals surface area contributed by atoms with Crippen molar-refractivity contribution in [3.8, 4) is 0 Å². The molecule has 6 fully saturated rings. The molecule has 2 amide bonds. The molecule has 0 radical (unpaired) electrons. The third-order valence-electron chi connectivity index (χ3n) is 8.64. The highest BCUT2D eigenvalue weighted by molar-refractivity contribution is 7.98. The van der Waals surface area contributed by atoms with E-state index >= 15 is 0 Å². The van der Waals surface area contributed by atoms with Crippen LogP contribution in [0.5, 0.6) is 0 Å². The van der Waals surface area contributed by atoms with Crippen molar-refractivity contribution in [3.63, 3.8) is 0 Å². The summed E-state index contributed by atoms with van der Waals surface area (Å²) in [5, 5.41) is 0.781. The average molecular weight is 426 g/mol. The van der Waals surface area contributed by atoms with Gasteiger partial charge in [0.15, 0.2) is 0 Å². The van der Waals surface area contributed by atoms with Gasteiger partial charge in [0.2, 0.25) is 5.91 Å². The Kier molecular flexibility index (Phi) is 4.12. The standard InChI is InChI=1S/C23H27N3O3S/c1-30-20-13(3-2-7-24-20)21(28)25-8-4-23(5-9-25)6-10-26(12-23)22(29)18-15-11-14-16(18)17(14)19(15)27/h2-3,7,14-18H,4-6,8-12H2,1H3. The molecule has 1 aromatic heterocycles. The second-order valence-corrected chi connectivity index (χ2v) is 10.7. The normalized spacial score (nSPS) is 35.4. The lowest BCUT2D eigenvalue weighted by Gasteiger charge is -2.39. The third-order valence-corrected chi connectivity index (χ3v) is 9.35. The van der Waals surface area contributed by atoms with Crippen LogP contribution < -0.4 is 0 Å². The van der Waals surface area contributed by atoms with Crippen LogP contribution in [0.4, 0.5) is 0 Å².